The summed E-state index contributed by atoms with van der Waals surface area (Å²) in [6, 6.07) is 6.29. The summed E-state index contributed by atoms with van der Waals surface area (Å²) in [5.74, 6) is 1.08. The number of anilines is 1. The summed E-state index contributed by atoms with van der Waals surface area (Å²) in [6.45, 7) is 0.833. The van der Waals surface area contributed by atoms with E-state index in [-0.39, 0.29) is 18.0 Å². The van der Waals surface area contributed by atoms with Crippen molar-refractivity contribution < 1.29 is 9.53 Å². The molecule has 3 heterocycles. The lowest BCUT2D eigenvalue weighted by molar-refractivity contribution is -0.130. The van der Waals surface area contributed by atoms with E-state index in [0.29, 0.717) is 6.42 Å². The van der Waals surface area contributed by atoms with Gasteiger partial charge < -0.3 is 15.0 Å². The van der Waals surface area contributed by atoms with E-state index in [4.69, 9.17) is 4.74 Å². The van der Waals surface area contributed by atoms with Crippen molar-refractivity contribution >= 4 is 11.6 Å². The number of rotatable bonds is 3. The zero-order chi connectivity index (χ0) is 16.7. The summed E-state index contributed by atoms with van der Waals surface area (Å²) in [5, 5.41) is 7.89. The number of benzene rings is 1. The van der Waals surface area contributed by atoms with Crippen molar-refractivity contribution in [3.05, 3.63) is 41.7 Å². The molecule has 6 nitrogen and oxygen atoms in total. The number of fused-ring (bicyclic) bond motifs is 1. The van der Waals surface area contributed by atoms with E-state index in [1.807, 2.05) is 41.2 Å². The SMILES string of the molecule is COc1ccc2c(c1)[C@H](N1CCCC1=O)C[C@H](c1cnn(C)c1)N2. The first-order valence-electron chi connectivity index (χ1n) is 8.38. The van der Waals surface area contributed by atoms with Gasteiger partial charge in [-0.15, -0.1) is 0 Å². The average molecular weight is 326 g/mol. The van der Waals surface area contributed by atoms with Gasteiger partial charge in [-0.05, 0) is 31.0 Å². The van der Waals surface area contributed by atoms with Crippen LogP contribution in [0.1, 0.15) is 42.5 Å². The van der Waals surface area contributed by atoms with Gasteiger partial charge in [-0.1, -0.05) is 0 Å². The van der Waals surface area contributed by atoms with Crippen molar-refractivity contribution in [1.82, 2.24) is 14.7 Å². The molecular weight excluding hydrogens is 304 g/mol. The van der Waals surface area contributed by atoms with Crippen molar-refractivity contribution in [3.8, 4) is 5.75 Å². The number of ether oxygens (including phenoxy) is 1. The molecule has 0 aliphatic carbocycles. The predicted molar refractivity (Wildman–Crippen MR) is 90.9 cm³/mol. The lowest BCUT2D eigenvalue weighted by atomic mass is 9.89. The Morgan fingerprint density at radius 3 is 2.92 bits per heavy atom. The standard InChI is InChI=1S/C18H22N4O2/c1-21-11-12(10-19-21)16-9-17(22-7-3-4-18(22)23)14-8-13(24-2)5-6-15(14)20-16/h5-6,8,10-11,16-17,20H,3-4,7,9H2,1-2H3/t16-,17-/m1/s1. The first kappa shape index (κ1) is 15.1. The van der Waals surface area contributed by atoms with Crippen molar-refractivity contribution in [3.63, 3.8) is 0 Å². The first-order chi connectivity index (χ1) is 11.7. The Labute approximate surface area is 141 Å². The molecule has 2 atom stereocenters. The van der Waals surface area contributed by atoms with E-state index in [0.717, 1.165) is 42.0 Å². The third-order valence-electron chi connectivity index (χ3n) is 5.02. The third kappa shape index (κ3) is 2.52. The summed E-state index contributed by atoms with van der Waals surface area (Å²) in [6.07, 6.45) is 6.38. The number of carbonyl (C=O) groups excluding carboxylic acids is 1. The topological polar surface area (TPSA) is 59.4 Å². The van der Waals surface area contributed by atoms with Gasteiger partial charge in [-0.2, -0.15) is 5.10 Å². The number of methoxy groups -OCH3 is 1. The van der Waals surface area contributed by atoms with E-state index in [2.05, 4.69) is 16.5 Å². The Balaban J connectivity index is 1.74. The Morgan fingerprint density at radius 2 is 2.25 bits per heavy atom. The highest BCUT2D eigenvalue weighted by Crippen LogP contribution is 2.44. The molecule has 1 N–H and O–H groups in total. The normalized spacial score (nSPS) is 23.1. The van der Waals surface area contributed by atoms with E-state index >= 15 is 0 Å². The number of carbonyl (C=O) groups is 1. The zero-order valence-corrected chi connectivity index (χ0v) is 14.0. The van der Waals surface area contributed by atoms with Gasteiger partial charge in [0.1, 0.15) is 5.75 Å². The van der Waals surface area contributed by atoms with Crippen LogP contribution < -0.4 is 10.1 Å². The fourth-order valence-corrected chi connectivity index (χ4v) is 3.80. The second-order valence-corrected chi connectivity index (χ2v) is 6.54. The van der Waals surface area contributed by atoms with Crippen LogP contribution in [0.25, 0.3) is 0 Å². The second-order valence-electron chi connectivity index (χ2n) is 6.54. The van der Waals surface area contributed by atoms with E-state index < -0.39 is 0 Å². The van der Waals surface area contributed by atoms with Gasteiger partial charge in [0.2, 0.25) is 5.91 Å². The van der Waals surface area contributed by atoms with Gasteiger partial charge in [0.15, 0.2) is 0 Å². The second kappa shape index (κ2) is 5.85. The van der Waals surface area contributed by atoms with Crippen molar-refractivity contribution in [2.24, 2.45) is 7.05 Å². The number of nitrogens with zero attached hydrogens (tertiary/aromatic N) is 3. The summed E-state index contributed by atoms with van der Waals surface area (Å²) in [4.78, 5) is 14.4. The molecule has 24 heavy (non-hydrogen) atoms. The molecule has 0 bridgehead atoms. The molecule has 2 aliphatic rings. The van der Waals surface area contributed by atoms with Crippen molar-refractivity contribution in [2.75, 3.05) is 19.0 Å². The maximum absolute atomic E-state index is 12.3. The number of likely N-dealkylation sites (tertiary alicyclic amines) is 1. The number of aryl methyl sites for hydroxylation is 1. The number of nitrogens with one attached hydrogen (secondary N) is 1. The summed E-state index contributed by atoms with van der Waals surface area (Å²) in [7, 11) is 3.60. The molecule has 0 radical (unpaired) electrons. The van der Waals surface area contributed by atoms with Crippen molar-refractivity contribution in [1.29, 1.82) is 0 Å². The maximum Gasteiger partial charge on any atom is 0.223 e. The van der Waals surface area contributed by atoms with Crippen LogP contribution >= 0.6 is 0 Å². The van der Waals surface area contributed by atoms with Crippen LogP contribution in [-0.4, -0.2) is 34.2 Å². The van der Waals surface area contributed by atoms with E-state index in [9.17, 15) is 4.79 Å². The molecule has 0 spiro atoms. The summed E-state index contributed by atoms with van der Waals surface area (Å²) >= 11 is 0. The van der Waals surface area contributed by atoms with Gasteiger partial charge in [0, 0.05) is 43.0 Å². The number of aromatic nitrogens is 2. The van der Waals surface area contributed by atoms with Gasteiger partial charge in [-0.3, -0.25) is 9.48 Å². The Kier molecular flexibility index (Phi) is 3.67. The highest BCUT2D eigenvalue weighted by Gasteiger charge is 2.36. The van der Waals surface area contributed by atoms with Gasteiger partial charge in [0.25, 0.3) is 0 Å². The number of hydrogen-bond acceptors (Lipinski definition) is 4. The molecule has 1 amide bonds. The lowest BCUT2D eigenvalue weighted by Crippen LogP contribution is -2.35. The molecule has 6 heteroatoms. The fourth-order valence-electron chi connectivity index (χ4n) is 3.80. The van der Waals surface area contributed by atoms with Crippen LogP contribution in [0.3, 0.4) is 0 Å². The monoisotopic (exact) mass is 326 g/mol. The number of hydrogen-bond donors (Lipinski definition) is 1. The van der Waals surface area contributed by atoms with Gasteiger partial charge in [0.05, 0.1) is 25.4 Å². The molecule has 1 fully saturated rings. The molecule has 4 rings (SSSR count). The van der Waals surface area contributed by atoms with E-state index in [1.54, 1.807) is 7.11 Å². The van der Waals surface area contributed by atoms with Crippen LogP contribution in [0.5, 0.6) is 5.75 Å². The highest BCUT2D eigenvalue weighted by atomic mass is 16.5. The van der Waals surface area contributed by atoms with Crippen LogP contribution in [0.4, 0.5) is 5.69 Å². The Morgan fingerprint density at radius 1 is 1.38 bits per heavy atom. The minimum Gasteiger partial charge on any atom is -0.497 e. The molecule has 1 aromatic heterocycles. The summed E-state index contributed by atoms with van der Waals surface area (Å²) in [5.41, 5.74) is 3.36. The highest BCUT2D eigenvalue weighted by molar-refractivity contribution is 5.79. The smallest absolute Gasteiger partial charge is 0.223 e. The average Bonchev–Trinajstić information content (AvgIpc) is 3.21. The fraction of sp³-hybridized carbons (Fsp3) is 0.444. The van der Waals surface area contributed by atoms with Crippen molar-refractivity contribution in [2.45, 2.75) is 31.3 Å². The quantitative estimate of drug-likeness (QED) is 0.942. The Bertz CT molecular complexity index is 770. The largest absolute Gasteiger partial charge is 0.497 e. The van der Waals surface area contributed by atoms with Gasteiger partial charge in [-0.25, -0.2) is 0 Å². The molecule has 126 valence electrons. The minimum absolute atomic E-state index is 0.0801. The predicted octanol–water partition coefficient (Wildman–Crippen LogP) is 2.65. The maximum atomic E-state index is 12.3. The first-order valence-corrected chi connectivity index (χ1v) is 8.38. The number of amides is 1. The van der Waals surface area contributed by atoms with Crippen LogP contribution in [0, 0.1) is 0 Å². The molecule has 1 aromatic carbocycles. The minimum atomic E-state index is 0.0801. The molecule has 0 saturated carbocycles. The lowest BCUT2D eigenvalue weighted by Gasteiger charge is -2.38. The van der Waals surface area contributed by atoms with Crippen LogP contribution in [-0.2, 0) is 11.8 Å². The molecule has 2 aliphatic heterocycles. The zero-order valence-electron chi connectivity index (χ0n) is 14.0. The molecule has 1 saturated heterocycles. The summed E-state index contributed by atoms with van der Waals surface area (Å²) < 4.78 is 7.20. The third-order valence-corrected chi connectivity index (χ3v) is 5.02. The Hall–Kier alpha value is -2.50. The molecular formula is C18H22N4O2. The van der Waals surface area contributed by atoms with Gasteiger partial charge >= 0.3 is 0 Å². The molecule has 2 aromatic rings. The van der Waals surface area contributed by atoms with Crippen LogP contribution in [0.15, 0.2) is 30.6 Å². The van der Waals surface area contributed by atoms with Crippen LogP contribution in [0.2, 0.25) is 0 Å². The van der Waals surface area contributed by atoms with E-state index in [1.165, 1.54) is 0 Å². The molecule has 0 unspecified atom stereocenters.